The van der Waals surface area contributed by atoms with Crippen molar-refractivity contribution in [3.63, 3.8) is 0 Å². The van der Waals surface area contributed by atoms with E-state index in [1.807, 2.05) is 12.1 Å². The number of halogens is 2. The maximum atomic E-state index is 12.4. The minimum absolute atomic E-state index is 0.608. The van der Waals surface area contributed by atoms with Gasteiger partial charge in [-0.15, -0.1) is 0 Å². The highest BCUT2D eigenvalue weighted by atomic mass is 32.2. The van der Waals surface area contributed by atoms with Crippen molar-refractivity contribution in [3.8, 4) is 0 Å². The highest BCUT2D eigenvalue weighted by Crippen LogP contribution is 2.37. The molecule has 0 aliphatic heterocycles. The molecule has 0 nitrogen and oxygen atoms in total. The van der Waals surface area contributed by atoms with Gasteiger partial charge < -0.3 is 0 Å². The summed E-state index contributed by atoms with van der Waals surface area (Å²) in [4.78, 5) is 0.633. The van der Waals surface area contributed by atoms with Gasteiger partial charge in [0.1, 0.15) is 0 Å². The molecule has 1 fully saturated rings. The van der Waals surface area contributed by atoms with E-state index in [0.717, 1.165) is 24.7 Å². The van der Waals surface area contributed by atoms with E-state index in [9.17, 15) is 8.78 Å². The van der Waals surface area contributed by atoms with Gasteiger partial charge in [-0.2, -0.15) is 8.78 Å². The Balaban J connectivity index is 1.43. The first-order chi connectivity index (χ1) is 14.1. The lowest BCUT2D eigenvalue weighted by Crippen LogP contribution is -2.13. The van der Waals surface area contributed by atoms with Crippen LogP contribution >= 0.6 is 11.8 Å². The zero-order chi connectivity index (χ0) is 20.5. The van der Waals surface area contributed by atoms with Crippen LogP contribution in [0.5, 0.6) is 0 Å². The lowest BCUT2D eigenvalue weighted by atomic mass is 9.77. The normalized spacial score (nSPS) is 19.6. The summed E-state index contributed by atoms with van der Waals surface area (Å²) in [6.45, 7) is 2.28. The summed E-state index contributed by atoms with van der Waals surface area (Å²) in [7, 11) is 0. The predicted molar refractivity (Wildman–Crippen MR) is 121 cm³/mol. The Morgan fingerprint density at radius 2 is 1.41 bits per heavy atom. The highest BCUT2D eigenvalue weighted by molar-refractivity contribution is 7.99. The highest BCUT2D eigenvalue weighted by Gasteiger charge is 2.21. The first kappa shape index (κ1) is 22.3. The van der Waals surface area contributed by atoms with Gasteiger partial charge in [0, 0.05) is 4.90 Å². The molecule has 0 heterocycles. The number of unbranched alkanes of at least 4 members (excludes halogenated alkanes) is 2. The van der Waals surface area contributed by atoms with Crippen LogP contribution in [0.1, 0.15) is 80.9 Å². The van der Waals surface area contributed by atoms with Crippen LogP contribution in [0.15, 0.2) is 53.4 Å². The summed E-state index contributed by atoms with van der Waals surface area (Å²) in [5.41, 5.74) is 4.07. The van der Waals surface area contributed by atoms with Crippen LogP contribution in [-0.4, -0.2) is 5.76 Å². The van der Waals surface area contributed by atoms with Crippen molar-refractivity contribution < 1.29 is 8.78 Å². The zero-order valence-electron chi connectivity index (χ0n) is 17.6. The molecule has 0 N–H and O–H groups in total. The molecule has 0 bridgehead atoms. The quantitative estimate of drug-likeness (QED) is 0.276. The third-order valence-corrected chi connectivity index (χ3v) is 7.09. The zero-order valence-corrected chi connectivity index (χ0v) is 18.4. The molecule has 0 aromatic heterocycles. The SMILES string of the molecule is CCCCC[C@H]1CC[C@H](c2ccc(CCc3ccc(SC(F)F)cc3)cc2)CC1. The molecule has 1 aliphatic rings. The molecule has 0 radical (unpaired) electrons. The second-order valence-corrected chi connectivity index (χ2v) is 9.54. The lowest BCUT2D eigenvalue weighted by Gasteiger charge is -2.29. The first-order valence-corrected chi connectivity index (χ1v) is 12.1. The van der Waals surface area contributed by atoms with Crippen LogP contribution in [0.25, 0.3) is 0 Å². The molecule has 2 aromatic carbocycles. The van der Waals surface area contributed by atoms with Crippen LogP contribution in [0.2, 0.25) is 0 Å². The Kier molecular flexibility index (Phi) is 9.04. The number of rotatable bonds is 10. The molecule has 0 unspecified atom stereocenters. The third kappa shape index (κ3) is 7.44. The van der Waals surface area contributed by atoms with E-state index >= 15 is 0 Å². The monoisotopic (exact) mass is 416 g/mol. The third-order valence-electron chi connectivity index (χ3n) is 6.36. The van der Waals surface area contributed by atoms with Crippen molar-refractivity contribution in [3.05, 3.63) is 65.2 Å². The molecular weight excluding hydrogens is 382 g/mol. The van der Waals surface area contributed by atoms with Crippen LogP contribution in [0, 0.1) is 5.92 Å². The predicted octanol–water partition coefficient (Wildman–Crippen LogP) is 8.64. The molecule has 0 spiro atoms. The number of hydrogen-bond acceptors (Lipinski definition) is 1. The maximum absolute atomic E-state index is 12.4. The van der Waals surface area contributed by atoms with Crippen molar-refractivity contribution >= 4 is 11.8 Å². The smallest absolute Gasteiger partial charge is 0.198 e. The van der Waals surface area contributed by atoms with Gasteiger partial charge in [-0.1, -0.05) is 80.8 Å². The molecule has 3 rings (SSSR count). The van der Waals surface area contributed by atoms with Gasteiger partial charge in [-0.25, -0.2) is 0 Å². The molecular formula is C26H34F2S. The summed E-state index contributed by atoms with van der Waals surface area (Å²) in [5, 5.41) is 0. The maximum Gasteiger partial charge on any atom is 0.288 e. The minimum atomic E-state index is -2.35. The van der Waals surface area contributed by atoms with E-state index in [4.69, 9.17) is 0 Å². The molecule has 29 heavy (non-hydrogen) atoms. The number of benzene rings is 2. The summed E-state index contributed by atoms with van der Waals surface area (Å²) >= 11 is 0.608. The van der Waals surface area contributed by atoms with Gasteiger partial charge in [0.05, 0.1) is 0 Å². The van der Waals surface area contributed by atoms with Crippen molar-refractivity contribution in [2.75, 3.05) is 0 Å². The summed E-state index contributed by atoms with van der Waals surface area (Å²) in [5.74, 6) is -0.649. The molecule has 0 atom stereocenters. The van der Waals surface area contributed by atoms with Crippen LogP contribution < -0.4 is 0 Å². The first-order valence-electron chi connectivity index (χ1n) is 11.3. The molecule has 1 aliphatic carbocycles. The van der Waals surface area contributed by atoms with Gasteiger partial charge >= 0.3 is 0 Å². The number of thioether (sulfide) groups is 1. The van der Waals surface area contributed by atoms with Gasteiger partial charge in [0.25, 0.3) is 5.76 Å². The lowest BCUT2D eigenvalue weighted by molar-refractivity contribution is 0.252. The topological polar surface area (TPSA) is 0 Å². The average molecular weight is 417 g/mol. The Labute approximate surface area is 179 Å². The standard InChI is InChI=1S/C26H34F2S/c1-2-3-4-5-20-8-14-23(15-9-20)24-16-10-21(11-17-24)6-7-22-12-18-25(19-13-22)29-26(27)28/h10-13,16-20,23,26H,2-9,14-15H2,1H3/t20-,23-. The Hall–Kier alpha value is -1.35. The number of hydrogen-bond donors (Lipinski definition) is 0. The molecule has 1 saturated carbocycles. The van der Waals surface area contributed by atoms with Crippen LogP contribution in [0.4, 0.5) is 8.78 Å². The molecule has 3 heteroatoms. The van der Waals surface area contributed by atoms with Gasteiger partial charge in [0.15, 0.2) is 0 Å². The van der Waals surface area contributed by atoms with Crippen molar-refractivity contribution in [2.24, 2.45) is 5.92 Å². The number of alkyl halides is 2. The molecule has 0 saturated heterocycles. The minimum Gasteiger partial charge on any atom is -0.198 e. The molecule has 158 valence electrons. The fourth-order valence-electron chi connectivity index (χ4n) is 4.55. The summed E-state index contributed by atoms with van der Waals surface area (Å²) < 4.78 is 24.8. The van der Waals surface area contributed by atoms with Crippen molar-refractivity contribution in [2.45, 2.75) is 87.7 Å². The van der Waals surface area contributed by atoms with Crippen LogP contribution in [0.3, 0.4) is 0 Å². The Morgan fingerprint density at radius 1 is 0.828 bits per heavy atom. The summed E-state index contributed by atoms with van der Waals surface area (Å²) in [6, 6.07) is 16.8. The Bertz CT molecular complexity index is 700. The summed E-state index contributed by atoms with van der Waals surface area (Å²) in [6.07, 6.45) is 13.0. The van der Waals surface area contributed by atoms with Gasteiger partial charge in [0.2, 0.25) is 0 Å². The second-order valence-electron chi connectivity index (χ2n) is 8.48. The fraction of sp³-hybridized carbons (Fsp3) is 0.538. The number of aryl methyl sites for hydroxylation is 2. The molecule has 2 aromatic rings. The van der Waals surface area contributed by atoms with E-state index in [2.05, 4.69) is 31.2 Å². The van der Waals surface area contributed by atoms with Gasteiger partial charge in [-0.3, -0.25) is 0 Å². The van der Waals surface area contributed by atoms with Gasteiger partial charge in [-0.05, 0) is 79.2 Å². The van der Waals surface area contributed by atoms with E-state index in [1.165, 1.54) is 68.1 Å². The van der Waals surface area contributed by atoms with Crippen molar-refractivity contribution in [1.82, 2.24) is 0 Å². The largest absolute Gasteiger partial charge is 0.288 e. The van der Waals surface area contributed by atoms with E-state index in [-0.39, 0.29) is 0 Å². The Morgan fingerprint density at radius 3 is 1.97 bits per heavy atom. The molecule has 0 amide bonds. The fourth-order valence-corrected chi connectivity index (χ4v) is 5.05. The van der Waals surface area contributed by atoms with E-state index in [1.54, 1.807) is 12.1 Å². The average Bonchev–Trinajstić information content (AvgIpc) is 2.74. The van der Waals surface area contributed by atoms with Crippen LogP contribution in [-0.2, 0) is 12.8 Å². The van der Waals surface area contributed by atoms with E-state index < -0.39 is 5.76 Å². The second kappa shape index (κ2) is 11.7. The van der Waals surface area contributed by atoms with E-state index in [0.29, 0.717) is 16.7 Å². The van der Waals surface area contributed by atoms with Crippen molar-refractivity contribution in [1.29, 1.82) is 0 Å².